The average molecular weight is 290 g/mol. The third-order valence-electron chi connectivity index (χ3n) is 4.52. The molecule has 0 bridgehead atoms. The molecule has 1 aliphatic rings. The fourth-order valence-corrected chi connectivity index (χ4v) is 3.26. The summed E-state index contributed by atoms with van der Waals surface area (Å²) in [6.45, 7) is 8.58. The van der Waals surface area contributed by atoms with E-state index in [2.05, 4.69) is 42.3 Å². The Morgan fingerprint density at radius 3 is 2.86 bits per heavy atom. The number of hydrogen-bond donors (Lipinski definition) is 1. The summed E-state index contributed by atoms with van der Waals surface area (Å²) in [6.07, 6.45) is 5.34. The van der Waals surface area contributed by atoms with Gasteiger partial charge in [-0.05, 0) is 44.0 Å². The second-order valence-corrected chi connectivity index (χ2v) is 5.95. The molecule has 3 heteroatoms. The number of likely N-dealkylation sites (tertiary alicyclic amines) is 1. The van der Waals surface area contributed by atoms with E-state index in [1.807, 2.05) is 0 Å². The highest BCUT2D eigenvalue weighted by atomic mass is 16.5. The molecule has 21 heavy (non-hydrogen) atoms. The van der Waals surface area contributed by atoms with Gasteiger partial charge in [0.1, 0.15) is 5.75 Å². The van der Waals surface area contributed by atoms with Gasteiger partial charge in [-0.3, -0.25) is 4.90 Å². The molecular weight excluding hydrogens is 260 g/mol. The van der Waals surface area contributed by atoms with Crippen LogP contribution in [0.4, 0.5) is 0 Å². The van der Waals surface area contributed by atoms with Gasteiger partial charge in [0.05, 0.1) is 7.11 Å². The van der Waals surface area contributed by atoms with E-state index in [4.69, 9.17) is 4.74 Å². The fraction of sp³-hybridized carbons (Fsp3) is 0.667. The number of nitrogens with one attached hydrogen (secondary N) is 1. The van der Waals surface area contributed by atoms with Crippen LogP contribution in [0, 0.1) is 0 Å². The Morgan fingerprint density at radius 2 is 2.14 bits per heavy atom. The zero-order chi connectivity index (χ0) is 15.1. The van der Waals surface area contributed by atoms with Crippen LogP contribution in [0.5, 0.6) is 5.75 Å². The first-order valence-corrected chi connectivity index (χ1v) is 8.39. The molecule has 1 fully saturated rings. The third-order valence-corrected chi connectivity index (χ3v) is 4.52. The monoisotopic (exact) mass is 290 g/mol. The van der Waals surface area contributed by atoms with Gasteiger partial charge in [0.15, 0.2) is 0 Å². The topological polar surface area (TPSA) is 24.5 Å². The predicted molar refractivity (Wildman–Crippen MR) is 88.7 cm³/mol. The summed E-state index contributed by atoms with van der Waals surface area (Å²) < 4.78 is 5.57. The number of hydrogen-bond acceptors (Lipinski definition) is 3. The van der Waals surface area contributed by atoms with Gasteiger partial charge in [0, 0.05) is 24.7 Å². The van der Waals surface area contributed by atoms with Crippen LogP contribution in [0.25, 0.3) is 0 Å². The minimum absolute atomic E-state index is 0.756. The van der Waals surface area contributed by atoms with Crippen LogP contribution >= 0.6 is 0 Å². The van der Waals surface area contributed by atoms with Crippen molar-refractivity contribution < 1.29 is 4.74 Å². The van der Waals surface area contributed by atoms with Gasteiger partial charge < -0.3 is 10.1 Å². The average Bonchev–Trinajstić information content (AvgIpc) is 2.54. The molecule has 1 atom stereocenters. The molecule has 3 nitrogen and oxygen atoms in total. The predicted octanol–water partition coefficient (Wildman–Crippen LogP) is 3.57. The van der Waals surface area contributed by atoms with Crippen molar-refractivity contribution in [2.45, 2.75) is 58.7 Å². The molecule has 0 aliphatic carbocycles. The van der Waals surface area contributed by atoms with Crippen molar-refractivity contribution in [3.8, 4) is 5.75 Å². The lowest BCUT2D eigenvalue weighted by atomic mass is 9.99. The number of benzene rings is 1. The van der Waals surface area contributed by atoms with Gasteiger partial charge in [0.2, 0.25) is 0 Å². The Kier molecular flexibility index (Phi) is 6.52. The maximum Gasteiger partial charge on any atom is 0.123 e. The molecule has 118 valence electrons. The van der Waals surface area contributed by atoms with E-state index in [-0.39, 0.29) is 0 Å². The maximum atomic E-state index is 5.57. The van der Waals surface area contributed by atoms with Crippen molar-refractivity contribution in [3.63, 3.8) is 0 Å². The van der Waals surface area contributed by atoms with Gasteiger partial charge in [-0.1, -0.05) is 32.4 Å². The van der Waals surface area contributed by atoms with Crippen LogP contribution in [0.15, 0.2) is 18.2 Å². The largest absolute Gasteiger partial charge is 0.496 e. The second kappa shape index (κ2) is 8.40. The van der Waals surface area contributed by atoms with Gasteiger partial charge in [0.25, 0.3) is 0 Å². The molecule has 1 aliphatic heterocycles. The lowest BCUT2D eigenvalue weighted by molar-refractivity contribution is 0.136. The molecule has 0 amide bonds. The van der Waals surface area contributed by atoms with Crippen molar-refractivity contribution in [1.29, 1.82) is 0 Å². The first kappa shape index (κ1) is 16.3. The van der Waals surface area contributed by atoms with Crippen molar-refractivity contribution >= 4 is 0 Å². The molecule has 0 spiro atoms. The van der Waals surface area contributed by atoms with Gasteiger partial charge in [-0.25, -0.2) is 0 Å². The molecule has 2 rings (SSSR count). The Hall–Kier alpha value is -1.06. The van der Waals surface area contributed by atoms with E-state index < -0.39 is 0 Å². The molecule has 0 saturated carbocycles. The van der Waals surface area contributed by atoms with Crippen molar-refractivity contribution in [2.24, 2.45) is 0 Å². The van der Waals surface area contributed by atoms with Gasteiger partial charge >= 0.3 is 0 Å². The Bertz CT molecular complexity index is 433. The van der Waals surface area contributed by atoms with Crippen LogP contribution < -0.4 is 10.1 Å². The summed E-state index contributed by atoms with van der Waals surface area (Å²) in [5, 5.41) is 3.37. The minimum atomic E-state index is 0.756. The van der Waals surface area contributed by atoms with Crippen LogP contribution in [0.1, 0.15) is 50.7 Å². The van der Waals surface area contributed by atoms with E-state index in [0.29, 0.717) is 0 Å². The van der Waals surface area contributed by atoms with E-state index in [1.165, 1.54) is 43.4 Å². The van der Waals surface area contributed by atoms with E-state index >= 15 is 0 Å². The highest BCUT2D eigenvalue weighted by Gasteiger charge is 2.20. The summed E-state index contributed by atoms with van der Waals surface area (Å²) >= 11 is 0. The van der Waals surface area contributed by atoms with Crippen LogP contribution in [0.3, 0.4) is 0 Å². The smallest absolute Gasteiger partial charge is 0.123 e. The highest BCUT2D eigenvalue weighted by molar-refractivity contribution is 5.37. The van der Waals surface area contributed by atoms with E-state index in [9.17, 15) is 0 Å². The molecular formula is C18H30N2O. The molecule has 1 unspecified atom stereocenters. The van der Waals surface area contributed by atoms with Crippen molar-refractivity contribution in [2.75, 3.05) is 20.2 Å². The molecule has 1 aromatic rings. The lowest BCUT2D eigenvalue weighted by Crippen LogP contribution is -2.38. The number of piperidine rings is 1. The Balaban J connectivity index is 2.05. The third kappa shape index (κ3) is 4.45. The minimum Gasteiger partial charge on any atom is -0.496 e. The number of methoxy groups -OCH3 is 1. The SMILES string of the molecule is CCNCc1ccc(CN2CCCCC2CC)cc1OC. The first-order valence-electron chi connectivity index (χ1n) is 8.39. The van der Waals surface area contributed by atoms with Crippen LogP contribution in [-0.2, 0) is 13.1 Å². The van der Waals surface area contributed by atoms with E-state index in [0.717, 1.165) is 31.4 Å². The number of rotatable bonds is 7. The molecule has 1 N–H and O–H groups in total. The maximum absolute atomic E-state index is 5.57. The number of nitrogens with zero attached hydrogens (tertiary/aromatic N) is 1. The summed E-state index contributed by atoms with van der Waals surface area (Å²) in [7, 11) is 1.77. The fourth-order valence-electron chi connectivity index (χ4n) is 3.26. The van der Waals surface area contributed by atoms with Gasteiger partial charge in [-0.15, -0.1) is 0 Å². The summed E-state index contributed by atoms with van der Waals surface area (Å²) in [5.74, 6) is 1.01. The van der Waals surface area contributed by atoms with Crippen molar-refractivity contribution in [1.82, 2.24) is 10.2 Å². The highest BCUT2D eigenvalue weighted by Crippen LogP contribution is 2.25. The standard InChI is InChI=1S/C18H30N2O/c1-4-17-8-6-7-11-20(17)14-15-9-10-16(13-19-5-2)18(12-15)21-3/h9-10,12,17,19H,4-8,11,13-14H2,1-3H3. The first-order chi connectivity index (χ1) is 10.3. The molecule has 0 aromatic heterocycles. The summed E-state index contributed by atoms with van der Waals surface area (Å²) in [5.41, 5.74) is 2.61. The molecule has 0 radical (unpaired) electrons. The Morgan fingerprint density at radius 1 is 1.29 bits per heavy atom. The van der Waals surface area contributed by atoms with Crippen molar-refractivity contribution in [3.05, 3.63) is 29.3 Å². The van der Waals surface area contributed by atoms with Gasteiger partial charge in [-0.2, -0.15) is 0 Å². The van der Waals surface area contributed by atoms with E-state index in [1.54, 1.807) is 7.11 Å². The summed E-state index contributed by atoms with van der Waals surface area (Å²) in [6, 6.07) is 7.44. The lowest BCUT2D eigenvalue weighted by Gasteiger charge is -2.35. The quantitative estimate of drug-likeness (QED) is 0.831. The Labute approximate surface area is 129 Å². The molecule has 1 heterocycles. The zero-order valence-electron chi connectivity index (χ0n) is 13.8. The zero-order valence-corrected chi connectivity index (χ0v) is 13.8. The van der Waals surface area contributed by atoms with Crippen LogP contribution in [-0.4, -0.2) is 31.1 Å². The summed E-state index contributed by atoms with van der Waals surface area (Å²) in [4.78, 5) is 2.64. The molecule has 1 saturated heterocycles. The normalized spacial score (nSPS) is 19.7. The number of ether oxygens (including phenoxy) is 1. The molecule has 1 aromatic carbocycles. The van der Waals surface area contributed by atoms with Crippen LogP contribution in [0.2, 0.25) is 0 Å². The second-order valence-electron chi connectivity index (χ2n) is 5.95.